The first-order valence-electron chi connectivity index (χ1n) is 6.90. The van der Waals surface area contributed by atoms with Gasteiger partial charge >= 0.3 is 0 Å². The first-order valence-corrected chi connectivity index (χ1v) is 9.90. The predicted octanol–water partition coefficient (Wildman–Crippen LogP) is 3.17. The molecule has 0 spiro atoms. The number of aromatic nitrogens is 2. The van der Waals surface area contributed by atoms with Gasteiger partial charge in [0, 0.05) is 42.1 Å². The van der Waals surface area contributed by atoms with E-state index in [1.54, 1.807) is 0 Å². The lowest BCUT2D eigenvalue weighted by atomic mass is 10.3. The largest absolute Gasteiger partial charge is 0.310 e. The van der Waals surface area contributed by atoms with Crippen molar-refractivity contribution in [1.82, 2.24) is 15.1 Å². The lowest BCUT2D eigenvalue weighted by Gasteiger charge is -2.21. The van der Waals surface area contributed by atoms with Crippen LogP contribution in [0.15, 0.2) is 4.47 Å². The Hall–Kier alpha value is 0.350. The summed E-state index contributed by atoms with van der Waals surface area (Å²) in [7, 11) is 0. The third-order valence-electron chi connectivity index (χ3n) is 3.24. The first-order chi connectivity index (χ1) is 9.26. The van der Waals surface area contributed by atoms with Gasteiger partial charge < -0.3 is 5.32 Å². The van der Waals surface area contributed by atoms with Crippen molar-refractivity contribution in [3.05, 3.63) is 15.9 Å². The van der Waals surface area contributed by atoms with Crippen LogP contribution in [0.5, 0.6) is 0 Å². The SMILES string of the molecule is CCc1nn(CC)c(CNCC2CSCCS2)c1Br. The van der Waals surface area contributed by atoms with E-state index in [-0.39, 0.29) is 0 Å². The summed E-state index contributed by atoms with van der Waals surface area (Å²) in [5, 5.41) is 9.00. The van der Waals surface area contributed by atoms with Crippen LogP contribution in [0.25, 0.3) is 0 Å². The third-order valence-corrected chi connectivity index (χ3v) is 7.00. The van der Waals surface area contributed by atoms with Gasteiger partial charge in [-0.1, -0.05) is 6.92 Å². The zero-order valence-corrected chi connectivity index (χ0v) is 14.8. The smallest absolute Gasteiger partial charge is 0.0767 e. The fourth-order valence-corrected chi connectivity index (χ4v) is 5.54. The van der Waals surface area contributed by atoms with Crippen LogP contribution in [0.1, 0.15) is 25.2 Å². The average molecular weight is 364 g/mol. The highest BCUT2D eigenvalue weighted by Crippen LogP contribution is 2.24. The molecular weight excluding hydrogens is 342 g/mol. The fraction of sp³-hybridized carbons (Fsp3) is 0.769. The highest BCUT2D eigenvalue weighted by molar-refractivity contribution is 9.10. The number of nitrogens with zero attached hydrogens (tertiary/aromatic N) is 2. The van der Waals surface area contributed by atoms with Crippen LogP contribution in [0.2, 0.25) is 0 Å². The van der Waals surface area contributed by atoms with E-state index >= 15 is 0 Å². The number of thioether (sulfide) groups is 2. The normalized spacial score (nSPS) is 19.8. The number of nitrogens with one attached hydrogen (secondary N) is 1. The van der Waals surface area contributed by atoms with Crippen LogP contribution in [0.4, 0.5) is 0 Å². The second kappa shape index (κ2) is 7.96. The molecule has 0 amide bonds. The van der Waals surface area contributed by atoms with Crippen molar-refractivity contribution in [3.63, 3.8) is 0 Å². The summed E-state index contributed by atoms with van der Waals surface area (Å²) in [5.74, 6) is 3.90. The van der Waals surface area contributed by atoms with Crippen molar-refractivity contribution in [2.24, 2.45) is 0 Å². The second-order valence-corrected chi connectivity index (χ2v) is 7.93. The number of hydrogen-bond donors (Lipinski definition) is 1. The Balaban J connectivity index is 1.89. The Bertz CT molecular complexity index is 403. The number of hydrogen-bond acceptors (Lipinski definition) is 4. The zero-order valence-electron chi connectivity index (χ0n) is 11.6. The van der Waals surface area contributed by atoms with E-state index in [2.05, 4.69) is 68.4 Å². The van der Waals surface area contributed by atoms with Crippen molar-refractivity contribution >= 4 is 39.5 Å². The Morgan fingerprint density at radius 1 is 1.42 bits per heavy atom. The van der Waals surface area contributed by atoms with Gasteiger partial charge in [-0.2, -0.15) is 28.6 Å². The molecule has 1 N–H and O–H groups in total. The number of aryl methyl sites for hydroxylation is 2. The van der Waals surface area contributed by atoms with Crippen molar-refractivity contribution in [2.45, 2.75) is 38.6 Å². The average Bonchev–Trinajstić information content (AvgIpc) is 2.76. The van der Waals surface area contributed by atoms with Crippen molar-refractivity contribution in [3.8, 4) is 0 Å². The lowest BCUT2D eigenvalue weighted by Crippen LogP contribution is -2.29. The van der Waals surface area contributed by atoms with Gasteiger partial charge in [0.05, 0.1) is 15.9 Å². The molecule has 2 heterocycles. The summed E-state index contributed by atoms with van der Waals surface area (Å²) in [6.07, 6.45) is 0.982. The molecule has 1 saturated heterocycles. The van der Waals surface area contributed by atoms with Gasteiger partial charge in [0.15, 0.2) is 0 Å². The third kappa shape index (κ3) is 4.16. The Morgan fingerprint density at radius 2 is 2.26 bits per heavy atom. The van der Waals surface area contributed by atoms with E-state index < -0.39 is 0 Å². The van der Waals surface area contributed by atoms with Crippen LogP contribution in [-0.2, 0) is 19.5 Å². The summed E-state index contributed by atoms with van der Waals surface area (Å²) < 4.78 is 3.30. The molecule has 1 aliphatic heterocycles. The minimum Gasteiger partial charge on any atom is -0.310 e. The molecule has 6 heteroatoms. The van der Waals surface area contributed by atoms with E-state index in [1.165, 1.54) is 33.1 Å². The first kappa shape index (κ1) is 15.7. The fourth-order valence-electron chi connectivity index (χ4n) is 2.19. The molecule has 1 aromatic rings. The molecular formula is C13H22BrN3S2. The van der Waals surface area contributed by atoms with Crippen molar-refractivity contribution in [1.29, 1.82) is 0 Å². The van der Waals surface area contributed by atoms with Gasteiger partial charge in [0.25, 0.3) is 0 Å². The quantitative estimate of drug-likeness (QED) is 0.840. The molecule has 0 aliphatic carbocycles. The van der Waals surface area contributed by atoms with E-state index in [4.69, 9.17) is 0 Å². The van der Waals surface area contributed by atoms with Crippen molar-refractivity contribution in [2.75, 3.05) is 23.8 Å². The van der Waals surface area contributed by atoms with E-state index in [0.29, 0.717) is 0 Å². The van der Waals surface area contributed by atoms with Crippen LogP contribution in [0, 0.1) is 0 Å². The van der Waals surface area contributed by atoms with Crippen LogP contribution in [0.3, 0.4) is 0 Å². The van der Waals surface area contributed by atoms with Gasteiger partial charge in [-0.05, 0) is 29.3 Å². The summed E-state index contributed by atoms with van der Waals surface area (Å²) in [5.41, 5.74) is 2.45. The van der Waals surface area contributed by atoms with Gasteiger partial charge in [0.2, 0.25) is 0 Å². The summed E-state index contributed by atoms with van der Waals surface area (Å²) in [4.78, 5) is 0. The maximum Gasteiger partial charge on any atom is 0.0767 e. The number of rotatable bonds is 6. The topological polar surface area (TPSA) is 29.9 Å². The van der Waals surface area contributed by atoms with E-state index in [1.807, 2.05) is 0 Å². The summed E-state index contributed by atoms with van der Waals surface area (Å²) >= 11 is 7.88. The molecule has 108 valence electrons. The molecule has 1 aliphatic rings. The highest BCUT2D eigenvalue weighted by Gasteiger charge is 2.16. The standard InChI is InChI=1S/C13H22BrN3S2/c1-3-11-13(14)12(17(4-2)16-11)8-15-7-10-9-18-5-6-19-10/h10,15H,3-9H2,1-2H3. The van der Waals surface area contributed by atoms with Crippen molar-refractivity contribution < 1.29 is 0 Å². The Morgan fingerprint density at radius 3 is 2.89 bits per heavy atom. The molecule has 0 aromatic carbocycles. The molecule has 0 bridgehead atoms. The Labute approximate surface area is 132 Å². The maximum atomic E-state index is 4.63. The van der Waals surface area contributed by atoms with Crippen LogP contribution >= 0.6 is 39.5 Å². The molecule has 19 heavy (non-hydrogen) atoms. The van der Waals surface area contributed by atoms with E-state index in [9.17, 15) is 0 Å². The zero-order chi connectivity index (χ0) is 13.7. The molecule has 3 nitrogen and oxygen atoms in total. The molecule has 1 atom stereocenters. The summed E-state index contributed by atoms with van der Waals surface area (Å²) in [6, 6.07) is 0. The maximum absolute atomic E-state index is 4.63. The van der Waals surface area contributed by atoms with Gasteiger partial charge in [-0.15, -0.1) is 0 Å². The molecule has 2 rings (SSSR count). The lowest BCUT2D eigenvalue weighted by molar-refractivity contribution is 0.577. The highest BCUT2D eigenvalue weighted by atomic mass is 79.9. The molecule has 1 fully saturated rings. The Kier molecular flexibility index (Phi) is 6.59. The van der Waals surface area contributed by atoms with Gasteiger partial charge in [-0.25, -0.2) is 0 Å². The molecule has 1 aromatic heterocycles. The molecule has 0 saturated carbocycles. The minimum absolute atomic E-state index is 0.765. The van der Waals surface area contributed by atoms with Gasteiger partial charge in [-0.3, -0.25) is 4.68 Å². The van der Waals surface area contributed by atoms with E-state index in [0.717, 1.165) is 31.3 Å². The molecule has 1 unspecified atom stereocenters. The minimum atomic E-state index is 0.765. The number of halogens is 1. The van der Waals surface area contributed by atoms with Crippen LogP contribution < -0.4 is 5.32 Å². The predicted molar refractivity (Wildman–Crippen MR) is 90.3 cm³/mol. The molecule has 0 radical (unpaired) electrons. The second-order valence-electron chi connectivity index (χ2n) is 4.58. The van der Waals surface area contributed by atoms with Gasteiger partial charge in [0.1, 0.15) is 0 Å². The van der Waals surface area contributed by atoms with Crippen LogP contribution in [-0.4, -0.2) is 38.8 Å². The monoisotopic (exact) mass is 363 g/mol. The summed E-state index contributed by atoms with van der Waals surface area (Å²) in [6.45, 7) is 7.24.